The topological polar surface area (TPSA) is 111 Å². The van der Waals surface area contributed by atoms with Gasteiger partial charge in [0.1, 0.15) is 19.8 Å². The lowest BCUT2D eigenvalue weighted by Gasteiger charge is -2.28. The van der Waals surface area contributed by atoms with Crippen LogP contribution in [-0.2, 0) is 32.7 Å². The van der Waals surface area contributed by atoms with Gasteiger partial charge in [-0.05, 0) is 44.9 Å². The Hall–Kier alpha value is -1.77. The minimum atomic E-state index is -4.63. The Morgan fingerprint density at radius 3 is 1.52 bits per heavy atom. The van der Waals surface area contributed by atoms with Crippen molar-refractivity contribution in [3.63, 3.8) is 0 Å². The number of ether oxygens (including phenoxy) is 2. The minimum absolute atomic E-state index is 0.0360. The number of likely N-dealkylation sites (N-methyl/N-ethyl adjacent to an activating group) is 1. The van der Waals surface area contributed by atoms with Gasteiger partial charge in [-0.15, -0.1) is 0 Å². The zero-order valence-electron chi connectivity index (χ0n) is 36.8. The molecule has 56 heavy (non-hydrogen) atoms. The van der Waals surface area contributed by atoms with Gasteiger partial charge in [-0.1, -0.05) is 172 Å². The van der Waals surface area contributed by atoms with Gasteiger partial charge in [0.05, 0.1) is 27.7 Å². The van der Waals surface area contributed by atoms with Gasteiger partial charge >= 0.3 is 11.9 Å². The van der Waals surface area contributed by atoms with Crippen molar-refractivity contribution in [3.8, 4) is 0 Å². The molecule has 2 unspecified atom stereocenters. The van der Waals surface area contributed by atoms with Crippen molar-refractivity contribution in [2.24, 2.45) is 0 Å². The lowest BCUT2D eigenvalue weighted by Crippen LogP contribution is -2.37. The normalized spacial score (nSPS) is 13.9. The lowest BCUT2D eigenvalue weighted by molar-refractivity contribution is -0.870. The number of esters is 2. The van der Waals surface area contributed by atoms with Gasteiger partial charge in [-0.25, -0.2) is 0 Å². The molecule has 0 aromatic rings. The second-order valence-electron chi connectivity index (χ2n) is 16.4. The fraction of sp³-hybridized carbons (Fsp3) is 0.826. The summed E-state index contributed by atoms with van der Waals surface area (Å²) in [5, 5.41) is 0. The molecule has 0 aromatic carbocycles. The molecule has 2 atom stereocenters. The molecule has 0 amide bonds. The van der Waals surface area contributed by atoms with E-state index in [1.54, 1.807) is 0 Å². The van der Waals surface area contributed by atoms with Crippen LogP contribution in [0.3, 0.4) is 0 Å². The Kier molecular flexibility index (Phi) is 37.5. The molecule has 0 aliphatic heterocycles. The van der Waals surface area contributed by atoms with Crippen LogP contribution in [0.5, 0.6) is 0 Å². The number of hydrogen-bond acceptors (Lipinski definition) is 8. The zero-order chi connectivity index (χ0) is 41.4. The maximum atomic E-state index is 12.6. The molecule has 328 valence electrons. The van der Waals surface area contributed by atoms with E-state index in [9.17, 15) is 19.0 Å². The summed E-state index contributed by atoms with van der Waals surface area (Å²) in [6.45, 7) is 4.09. The smallest absolute Gasteiger partial charge is 0.306 e. The summed E-state index contributed by atoms with van der Waals surface area (Å²) in [5.41, 5.74) is 0. The molecular weight excluding hydrogens is 725 g/mol. The van der Waals surface area contributed by atoms with Crippen LogP contribution < -0.4 is 4.89 Å². The van der Waals surface area contributed by atoms with Gasteiger partial charge in [0.2, 0.25) is 0 Å². The van der Waals surface area contributed by atoms with Gasteiger partial charge in [0.25, 0.3) is 7.82 Å². The minimum Gasteiger partial charge on any atom is -0.756 e. The predicted molar refractivity (Wildman–Crippen MR) is 231 cm³/mol. The standard InChI is InChI=1S/C46H86NO8P/c1-6-8-10-12-14-16-18-20-21-22-23-24-25-27-28-30-32-34-36-38-45(48)52-42-44(43-54-56(50,51)53-41-40-47(3,4)5)55-46(49)39-37-35-33-31-29-26-19-17-15-13-11-9-7-2/h9,11,15,17,26,29,44H,6-8,10,12-14,16,18-25,27-28,30-43H2,1-5H3/b11-9-,17-15-,29-26-. The molecule has 9 nitrogen and oxygen atoms in total. The third-order valence-corrected chi connectivity index (χ3v) is 10.6. The summed E-state index contributed by atoms with van der Waals surface area (Å²) < 4.78 is 33.9. The van der Waals surface area contributed by atoms with Crippen LogP contribution in [0.1, 0.15) is 194 Å². The van der Waals surface area contributed by atoms with E-state index in [-0.39, 0.29) is 32.0 Å². The van der Waals surface area contributed by atoms with E-state index in [0.29, 0.717) is 17.4 Å². The maximum absolute atomic E-state index is 12.6. The molecule has 0 bridgehead atoms. The van der Waals surface area contributed by atoms with Crippen LogP contribution in [0.15, 0.2) is 36.5 Å². The summed E-state index contributed by atoms with van der Waals surface area (Å²) in [4.78, 5) is 37.5. The van der Waals surface area contributed by atoms with Crippen molar-refractivity contribution in [3.05, 3.63) is 36.5 Å². The second-order valence-corrected chi connectivity index (χ2v) is 17.8. The van der Waals surface area contributed by atoms with Gasteiger partial charge in [0, 0.05) is 12.8 Å². The van der Waals surface area contributed by atoms with Crippen LogP contribution in [0.2, 0.25) is 0 Å². The predicted octanol–water partition coefficient (Wildman–Crippen LogP) is 12.3. The van der Waals surface area contributed by atoms with Crippen molar-refractivity contribution >= 4 is 19.8 Å². The number of carbonyl (C=O) groups is 2. The van der Waals surface area contributed by atoms with E-state index >= 15 is 0 Å². The quantitative estimate of drug-likeness (QED) is 0.0197. The van der Waals surface area contributed by atoms with E-state index < -0.39 is 26.5 Å². The molecule has 0 aromatic heterocycles. The van der Waals surface area contributed by atoms with Crippen molar-refractivity contribution in [1.82, 2.24) is 0 Å². The van der Waals surface area contributed by atoms with E-state index in [1.807, 2.05) is 21.1 Å². The number of phosphoric acid groups is 1. The van der Waals surface area contributed by atoms with Crippen LogP contribution in [0, 0.1) is 0 Å². The monoisotopic (exact) mass is 812 g/mol. The van der Waals surface area contributed by atoms with Crippen molar-refractivity contribution in [2.45, 2.75) is 200 Å². The molecule has 0 radical (unpaired) electrons. The Balaban J connectivity index is 4.30. The summed E-state index contributed by atoms with van der Waals surface area (Å²) in [7, 11) is 1.15. The summed E-state index contributed by atoms with van der Waals surface area (Å²) in [6, 6.07) is 0. The first-order valence-corrected chi connectivity index (χ1v) is 24.2. The first kappa shape index (κ1) is 54.2. The zero-order valence-corrected chi connectivity index (χ0v) is 37.7. The van der Waals surface area contributed by atoms with Crippen molar-refractivity contribution in [1.29, 1.82) is 0 Å². The fourth-order valence-electron chi connectivity index (χ4n) is 6.14. The molecule has 0 aliphatic rings. The third-order valence-electron chi connectivity index (χ3n) is 9.67. The largest absolute Gasteiger partial charge is 0.756 e. The SMILES string of the molecule is CC/C=C\C/C=C\C/C=C\CCCCCC(=O)OC(COC(=O)CCCCCCCCCCCCCCCCCCCCC)COP(=O)([O-])OCC[N+](C)(C)C. The maximum Gasteiger partial charge on any atom is 0.306 e. The van der Waals surface area contributed by atoms with Gasteiger partial charge in [0.15, 0.2) is 6.10 Å². The average molecular weight is 812 g/mol. The van der Waals surface area contributed by atoms with Crippen LogP contribution >= 0.6 is 7.82 Å². The third kappa shape index (κ3) is 41.9. The highest BCUT2D eigenvalue weighted by atomic mass is 31.2. The first-order valence-electron chi connectivity index (χ1n) is 22.7. The molecular formula is C46H86NO8P. The number of allylic oxidation sites excluding steroid dienone is 6. The Bertz CT molecular complexity index is 1050. The van der Waals surface area contributed by atoms with E-state index in [0.717, 1.165) is 57.8 Å². The van der Waals surface area contributed by atoms with Crippen molar-refractivity contribution in [2.75, 3.05) is 47.5 Å². The number of rotatable bonds is 41. The summed E-state index contributed by atoms with van der Waals surface area (Å²) in [6.07, 6.45) is 43.2. The highest BCUT2D eigenvalue weighted by molar-refractivity contribution is 7.45. The molecule has 0 aliphatic carbocycles. The summed E-state index contributed by atoms with van der Waals surface area (Å²) in [5.74, 6) is -0.864. The Morgan fingerprint density at radius 2 is 1.02 bits per heavy atom. The molecule has 0 saturated carbocycles. The van der Waals surface area contributed by atoms with Gasteiger partial charge < -0.3 is 27.9 Å². The highest BCUT2D eigenvalue weighted by Gasteiger charge is 2.21. The molecule has 0 N–H and O–H groups in total. The number of nitrogens with zero attached hydrogens (tertiary/aromatic N) is 1. The number of unbranched alkanes of at least 4 members (excludes halogenated alkanes) is 21. The van der Waals surface area contributed by atoms with E-state index in [2.05, 4.69) is 50.3 Å². The number of quaternary nitrogens is 1. The van der Waals surface area contributed by atoms with Gasteiger partial charge in [-0.2, -0.15) is 0 Å². The average Bonchev–Trinajstić information content (AvgIpc) is 3.15. The first-order chi connectivity index (χ1) is 27.0. The number of hydrogen-bond donors (Lipinski definition) is 0. The Labute approximate surface area is 344 Å². The lowest BCUT2D eigenvalue weighted by atomic mass is 10.0. The molecule has 0 fully saturated rings. The van der Waals surface area contributed by atoms with Crippen molar-refractivity contribution < 1.29 is 42.1 Å². The van der Waals surface area contributed by atoms with E-state index in [4.69, 9.17) is 18.5 Å². The molecule has 10 heteroatoms. The number of phosphoric ester groups is 1. The Morgan fingerprint density at radius 1 is 0.571 bits per heavy atom. The van der Waals surface area contributed by atoms with Crippen LogP contribution in [-0.4, -0.2) is 70.0 Å². The van der Waals surface area contributed by atoms with E-state index in [1.165, 1.54) is 103 Å². The van der Waals surface area contributed by atoms with Crippen LogP contribution in [0.25, 0.3) is 0 Å². The fourth-order valence-corrected chi connectivity index (χ4v) is 6.87. The summed E-state index contributed by atoms with van der Waals surface area (Å²) >= 11 is 0. The van der Waals surface area contributed by atoms with Crippen LogP contribution in [0.4, 0.5) is 0 Å². The molecule has 0 spiro atoms. The molecule has 0 rings (SSSR count). The number of carbonyl (C=O) groups excluding carboxylic acids is 2. The second kappa shape index (κ2) is 38.7. The highest BCUT2D eigenvalue weighted by Crippen LogP contribution is 2.38. The molecule has 0 saturated heterocycles. The van der Waals surface area contributed by atoms with Gasteiger partial charge in [-0.3, -0.25) is 14.2 Å². The molecule has 0 heterocycles.